The molecule has 2 aromatic carbocycles. The molecule has 0 bridgehead atoms. The third kappa shape index (κ3) is 3.60. The van der Waals surface area contributed by atoms with Crippen molar-refractivity contribution in [2.75, 3.05) is 0 Å². The summed E-state index contributed by atoms with van der Waals surface area (Å²) in [7, 11) is 0. The number of rotatable bonds is 3. The van der Waals surface area contributed by atoms with Crippen molar-refractivity contribution in [2.45, 2.75) is 6.42 Å². The summed E-state index contributed by atoms with van der Waals surface area (Å²) in [5, 5.41) is 0. The zero-order chi connectivity index (χ0) is 14.0. The Balaban J connectivity index is 2.28. The van der Waals surface area contributed by atoms with Crippen molar-refractivity contribution in [1.29, 1.82) is 0 Å². The van der Waals surface area contributed by atoms with Crippen LogP contribution in [0.5, 0.6) is 0 Å². The lowest BCUT2D eigenvalue weighted by Crippen LogP contribution is -2.07. The highest BCUT2D eigenvalue weighted by atomic mass is 127. The summed E-state index contributed by atoms with van der Waals surface area (Å²) in [6.07, 6.45) is -0.0487. The molecule has 0 heterocycles. The summed E-state index contributed by atoms with van der Waals surface area (Å²) < 4.78 is 27.8. The normalized spacial score (nSPS) is 10.5. The second-order valence-electron chi connectivity index (χ2n) is 3.96. The van der Waals surface area contributed by atoms with Gasteiger partial charge in [0.15, 0.2) is 5.78 Å². The summed E-state index contributed by atoms with van der Waals surface area (Å²) in [5.74, 6) is -1.05. The van der Waals surface area contributed by atoms with Gasteiger partial charge in [-0.25, -0.2) is 8.78 Å². The zero-order valence-corrected chi connectivity index (χ0v) is 13.3. The van der Waals surface area contributed by atoms with E-state index >= 15 is 0 Å². The first-order valence-electron chi connectivity index (χ1n) is 5.39. The fourth-order valence-electron chi connectivity index (χ4n) is 1.66. The van der Waals surface area contributed by atoms with Crippen molar-refractivity contribution in [1.82, 2.24) is 0 Å². The molecule has 0 unspecified atom stereocenters. The van der Waals surface area contributed by atoms with Crippen LogP contribution in [0.25, 0.3) is 0 Å². The first-order valence-corrected chi connectivity index (χ1v) is 7.26. The molecule has 1 nitrogen and oxygen atoms in total. The first-order chi connectivity index (χ1) is 8.97. The Labute approximate surface area is 131 Å². The number of benzene rings is 2. The van der Waals surface area contributed by atoms with Gasteiger partial charge in [0.05, 0.1) is 0 Å². The average molecular weight is 437 g/mol. The first kappa shape index (κ1) is 14.6. The van der Waals surface area contributed by atoms with E-state index in [4.69, 9.17) is 0 Å². The highest BCUT2D eigenvalue weighted by Gasteiger charge is 2.14. The molecule has 19 heavy (non-hydrogen) atoms. The molecule has 0 atom stereocenters. The van der Waals surface area contributed by atoms with Gasteiger partial charge >= 0.3 is 0 Å². The molecule has 0 N–H and O–H groups in total. The zero-order valence-electron chi connectivity index (χ0n) is 9.59. The maximum Gasteiger partial charge on any atom is 0.168 e. The molecular formula is C14H8BrF2IO. The highest BCUT2D eigenvalue weighted by molar-refractivity contribution is 14.1. The Bertz CT molecular complexity index is 643. The second-order valence-corrected chi connectivity index (χ2v) is 6.04. The Morgan fingerprint density at radius 1 is 1.16 bits per heavy atom. The average Bonchev–Trinajstić information content (AvgIpc) is 2.33. The van der Waals surface area contributed by atoms with E-state index in [9.17, 15) is 13.6 Å². The predicted molar refractivity (Wildman–Crippen MR) is 81.3 cm³/mol. The number of Topliss-reactive ketones (excluding diaryl/α,β-unsaturated/α-hetero) is 1. The van der Waals surface area contributed by atoms with Crippen LogP contribution in [-0.4, -0.2) is 5.78 Å². The van der Waals surface area contributed by atoms with Crippen molar-refractivity contribution in [3.05, 3.63) is 67.2 Å². The summed E-state index contributed by atoms with van der Waals surface area (Å²) in [6.45, 7) is 0. The van der Waals surface area contributed by atoms with Gasteiger partial charge in [-0.1, -0.05) is 15.9 Å². The van der Waals surface area contributed by atoms with E-state index in [0.29, 0.717) is 19.2 Å². The Kier molecular flexibility index (Phi) is 4.67. The lowest BCUT2D eigenvalue weighted by molar-refractivity contribution is 0.0991. The third-order valence-corrected chi connectivity index (χ3v) is 3.98. The summed E-state index contributed by atoms with van der Waals surface area (Å²) >= 11 is 5.13. The molecule has 0 fully saturated rings. The fraction of sp³-hybridized carbons (Fsp3) is 0.0714. The molecule has 98 valence electrons. The molecule has 0 radical (unpaired) electrons. The summed E-state index contributed by atoms with van der Waals surface area (Å²) in [4.78, 5) is 12.1. The topological polar surface area (TPSA) is 17.1 Å². The minimum atomic E-state index is -0.423. The van der Waals surface area contributed by atoms with Gasteiger partial charge in [0.2, 0.25) is 0 Å². The molecular weight excluding hydrogens is 429 g/mol. The standard InChI is InChI=1S/C14H8BrF2IO/c15-9-1-4-12(17)8(5-9)6-14(19)11-3-2-10(16)7-13(11)18/h1-5,7H,6H2. The summed E-state index contributed by atoms with van der Waals surface area (Å²) in [5.41, 5.74) is 0.723. The van der Waals surface area contributed by atoms with Crippen LogP contribution in [0, 0.1) is 15.2 Å². The SMILES string of the molecule is O=C(Cc1cc(Br)ccc1F)c1ccc(F)cc1I. The Morgan fingerprint density at radius 2 is 1.89 bits per heavy atom. The van der Waals surface area contributed by atoms with Crippen LogP contribution in [-0.2, 0) is 6.42 Å². The van der Waals surface area contributed by atoms with E-state index < -0.39 is 11.6 Å². The largest absolute Gasteiger partial charge is 0.294 e. The number of carbonyl (C=O) groups is 1. The van der Waals surface area contributed by atoms with Crippen LogP contribution in [0.15, 0.2) is 40.9 Å². The molecule has 2 aromatic rings. The van der Waals surface area contributed by atoms with Gasteiger partial charge < -0.3 is 0 Å². The van der Waals surface area contributed by atoms with Gasteiger partial charge in [-0.05, 0) is 64.6 Å². The lowest BCUT2D eigenvalue weighted by Gasteiger charge is -2.06. The van der Waals surface area contributed by atoms with Crippen molar-refractivity contribution in [3.63, 3.8) is 0 Å². The van der Waals surface area contributed by atoms with Crippen molar-refractivity contribution in [3.8, 4) is 0 Å². The summed E-state index contributed by atoms with van der Waals surface area (Å²) in [6, 6.07) is 8.39. The smallest absolute Gasteiger partial charge is 0.168 e. The van der Waals surface area contributed by atoms with Gasteiger partial charge in [0.1, 0.15) is 11.6 Å². The molecule has 2 rings (SSSR count). The molecule has 0 aliphatic rings. The van der Waals surface area contributed by atoms with Crippen molar-refractivity contribution >= 4 is 44.3 Å². The Morgan fingerprint density at radius 3 is 2.58 bits per heavy atom. The maximum atomic E-state index is 13.6. The minimum Gasteiger partial charge on any atom is -0.294 e. The van der Waals surface area contributed by atoms with Gasteiger partial charge in [0.25, 0.3) is 0 Å². The third-order valence-electron chi connectivity index (χ3n) is 2.59. The predicted octanol–water partition coefficient (Wildman–Crippen LogP) is 4.76. The van der Waals surface area contributed by atoms with E-state index in [1.807, 2.05) is 22.6 Å². The van der Waals surface area contributed by atoms with Crippen LogP contribution in [0.3, 0.4) is 0 Å². The number of carbonyl (C=O) groups excluding carboxylic acids is 1. The van der Waals surface area contributed by atoms with E-state index in [2.05, 4.69) is 15.9 Å². The van der Waals surface area contributed by atoms with Gasteiger partial charge in [-0.15, -0.1) is 0 Å². The van der Waals surface area contributed by atoms with Crippen LogP contribution >= 0.6 is 38.5 Å². The number of ketones is 1. The molecule has 0 aliphatic carbocycles. The number of halogens is 4. The second kappa shape index (κ2) is 6.09. The molecule has 0 aliphatic heterocycles. The van der Waals surface area contributed by atoms with Crippen LogP contribution < -0.4 is 0 Å². The van der Waals surface area contributed by atoms with E-state index in [-0.39, 0.29) is 12.2 Å². The number of hydrogen-bond acceptors (Lipinski definition) is 1. The quantitative estimate of drug-likeness (QED) is 0.501. The van der Waals surface area contributed by atoms with E-state index in [1.54, 1.807) is 12.1 Å². The monoisotopic (exact) mass is 436 g/mol. The fourth-order valence-corrected chi connectivity index (χ4v) is 2.85. The van der Waals surface area contributed by atoms with E-state index in [0.717, 1.165) is 0 Å². The molecule has 0 aromatic heterocycles. The van der Waals surface area contributed by atoms with Crippen molar-refractivity contribution < 1.29 is 13.6 Å². The van der Waals surface area contributed by atoms with Crippen LogP contribution in [0.1, 0.15) is 15.9 Å². The molecule has 0 spiro atoms. The Hall–Kier alpha value is -0.820. The van der Waals surface area contributed by atoms with Gasteiger partial charge in [-0.2, -0.15) is 0 Å². The molecule has 0 saturated heterocycles. The minimum absolute atomic E-state index is 0.0487. The molecule has 0 saturated carbocycles. The van der Waals surface area contributed by atoms with Crippen LogP contribution in [0.2, 0.25) is 0 Å². The van der Waals surface area contributed by atoms with E-state index in [1.165, 1.54) is 24.3 Å². The molecule has 5 heteroatoms. The van der Waals surface area contributed by atoms with Crippen molar-refractivity contribution in [2.24, 2.45) is 0 Å². The lowest BCUT2D eigenvalue weighted by atomic mass is 10.0. The highest BCUT2D eigenvalue weighted by Crippen LogP contribution is 2.20. The number of hydrogen-bond donors (Lipinski definition) is 0. The van der Waals surface area contributed by atoms with Gasteiger partial charge in [-0.3, -0.25) is 4.79 Å². The molecule has 0 amide bonds. The van der Waals surface area contributed by atoms with Gasteiger partial charge in [0, 0.05) is 20.0 Å². The van der Waals surface area contributed by atoms with Crippen LogP contribution in [0.4, 0.5) is 8.78 Å². The maximum absolute atomic E-state index is 13.6.